The van der Waals surface area contributed by atoms with Gasteiger partial charge in [-0.1, -0.05) is 47.0 Å². The Morgan fingerprint density at radius 2 is 1.71 bits per heavy atom. The minimum absolute atomic E-state index is 0.0798. The second-order valence-electron chi connectivity index (χ2n) is 14.6. The quantitative estimate of drug-likeness (QED) is 0.142. The minimum Gasteiger partial charge on any atom is -0.446 e. The number of carbonyl (C=O) groups is 3. The molecular weight excluding hydrogens is 823 g/mol. The summed E-state index contributed by atoms with van der Waals surface area (Å²) in [6.07, 6.45) is 6.95. The maximum Gasteiger partial charge on any atom is 0.408 e. The second-order valence-corrected chi connectivity index (χ2v) is 19.8. The first kappa shape index (κ1) is 41.5. The fourth-order valence-electron chi connectivity index (χ4n) is 7.86. The molecule has 300 valence electrons. The van der Waals surface area contributed by atoms with E-state index in [2.05, 4.69) is 26.6 Å². The van der Waals surface area contributed by atoms with Crippen molar-refractivity contribution >= 4 is 51.3 Å². The van der Waals surface area contributed by atoms with Gasteiger partial charge in [0.1, 0.15) is 35.1 Å². The average Bonchev–Trinajstić information content (AvgIpc) is 3.40. The standard InChI is InChI=1S/C38H47BrF2N3O9PS/c1-2-51-54(48,24-30-31(40)14-10-15-32(30)41)38-22-25(38)11-6-4-3-5-7-16-33(42-37(47)52-27-12-8-9-13-27)36(46)44-23-28(21-34(44)35(45)43-38)53-55(49,50)29-19-17-26(39)18-20-29/h6,10-11,14-15,17-20,25,27-28,33-34H,2-5,7-9,12-13,16,21-24H2,1H3,(H,42,47)(H,43,45)/b11-6-/t25-,28+,33+,34+,38+,54?/m1/s1. The van der Waals surface area contributed by atoms with Gasteiger partial charge in [-0.15, -0.1) is 0 Å². The van der Waals surface area contributed by atoms with Crippen molar-refractivity contribution in [1.29, 1.82) is 0 Å². The predicted octanol–water partition coefficient (Wildman–Crippen LogP) is 7.31. The monoisotopic (exact) mass is 869 g/mol. The van der Waals surface area contributed by atoms with Crippen LogP contribution in [0, 0.1) is 17.6 Å². The first-order chi connectivity index (χ1) is 26.2. The van der Waals surface area contributed by atoms with Gasteiger partial charge >= 0.3 is 6.09 Å². The van der Waals surface area contributed by atoms with Crippen LogP contribution in [0.3, 0.4) is 0 Å². The number of benzene rings is 2. The summed E-state index contributed by atoms with van der Waals surface area (Å²) in [5, 5.41) is 4.04. The molecule has 3 fully saturated rings. The summed E-state index contributed by atoms with van der Waals surface area (Å²) >= 11 is 3.28. The number of rotatable bonds is 10. The highest BCUT2D eigenvalue weighted by Gasteiger charge is 2.67. The van der Waals surface area contributed by atoms with Gasteiger partial charge in [0.05, 0.1) is 23.8 Å². The van der Waals surface area contributed by atoms with Crippen LogP contribution in [0.1, 0.15) is 83.1 Å². The molecule has 2 saturated carbocycles. The van der Waals surface area contributed by atoms with Crippen molar-refractivity contribution in [3.63, 3.8) is 0 Å². The van der Waals surface area contributed by atoms with Crippen LogP contribution in [-0.4, -0.2) is 73.9 Å². The number of hydrogen-bond acceptors (Lipinski definition) is 9. The number of fused-ring (bicyclic) bond motifs is 2. The third-order valence-electron chi connectivity index (χ3n) is 10.8. The molecule has 0 spiro atoms. The molecular formula is C38H47BrF2N3O9PS. The third-order valence-corrected chi connectivity index (χ3v) is 16.0. The number of amides is 3. The Hall–Kier alpha value is -3.17. The Morgan fingerprint density at radius 3 is 2.40 bits per heavy atom. The van der Waals surface area contributed by atoms with Crippen molar-refractivity contribution < 1.29 is 49.6 Å². The van der Waals surface area contributed by atoms with Crippen LogP contribution < -0.4 is 10.6 Å². The number of carbonyl (C=O) groups excluding carboxylic acids is 3. The fourth-order valence-corrected chi connectivity index (χ4v) is 12.3. The molecule has 55 heavy (non-hydrogen) atoms. The highest BCUT2D eigenvalue weighted by molar-refractivity contribution is 9.10. The van der Waals surface area contributed by atoms with Crippen molar-refractivity contribution in [1.82, 2.24) is 15.5 Å². The lowest BCUT2D eigenvalue weighted by Crippen LogP contribution is -2.55. The van der Waals surface area contributed by atoms with Gasteiger partial charge in [0.15, 0.2) is 0 Å². The van der Waals surface area contributed by atoms with Crippen LogP contribution in [0.15, 0.2) is 64.0 Å². The summed E-state index contributed by atoms with van der Waals surface area (Å²) in [7, 11) is -8.50. The molecule has 1 saturated heterocycles. The SMILES string of the molecule is CCOP(=O)(Cc1c(F)cccc1F)[C@@]12C[C@H]1/C=C\CCCCC[C@H](NC(=O)OC1CCCC1)C(=O)N1C[C@@H](OS(=O)(=O)c3ccc(Br)cc3)C[C@H]1C(=O)N2. The first-order valence-electron chi connectivity index (χ1n) is 18.9. The van der Waals surface area contributed by atoms with E-state index in [1.807, 2.05) is 12.2 Å². The molecule has 2 aliphatic heterocycles. The molecule has 6 atom stereocenters. The summed E-state index contributed by atoms with van der Waals surface area (Å²) in [5.74, 6) is -3.74. The number of nitrogens with zero attached hydrogens (tertiary/aromatic N) is 1. The topological polar surface area (TPSA) is 157 Å². The Labute approximate surface area is 328 Å². The largest absolute Gasteiger partial charge is 0.446 e. The summed E-state index contributed by atoms with van der Waals surface area (Å²) in [6.45, 7) is 1.20. The zero-order valence-corrected chi connectivity index (χ0v) is 33.9. The van der Waals surface area contributed by atoms with Crippen LogP contribution in [-0.2, 0) is 43.9 Å². The van der Waals surface area contributed by atoms with E-state index >= 15 is 8.78 Å². The Kier molecular flexibility index (Phi) is 13.2. The number of allylic oxidation sites excluding steroid dienone is 1. The highest BCUT2D eigenvalue weighted by atomic mass is 79.9. The Balaban J connectivity index is 1.34. The average molecular weight is 871 g/mol. The molecule has 1 unspecified atom stereocenters. The first-order valence-corrected chi connectivity index (χ1v) is 22.9. The normalized spacial score (nSPS) is 28.2. The van der Waals surface area contributed by atoms with Crippen LogP contribution in [0.5, 0.6) is 0 Å². The van der Waals surface area contributed by atoms with Crippen molar-refractivity contribution in [2.24, 2.45) is 5.92 Å². The van der Waals surface area contributed by atoms with E-state index in [1.165, 1.54) is 35.2 Å². The number of halogens is 3. The van der Waals surface area contributed by atoms with E-state index in [0.29, 0.717) is 23.7 Å². The minimum atomic E-state index is -4.36. The molecule has 2 aromatic rings. The molecule has 2 heterocycles. The van der Waals surface area contributed by atoms with E-state index in [1.54, 1.807) is 6.92 Å². The summed E-state index contributed by atoms with van der Waals surface area (Å²) in [4.78, 5) is 43.2. The van der Waals surface area contributed by atoms with Gasteiger partial charge in [-0.2, -0.15) is 8.42 Å². The van der Waals surface area contributed by atoms with E-state index < -0.39 is 88.1 Å². The lowest BCUT2D eigenvalue weighted by molar-refractivity contribution is -0.140. The molecule has 6 rings (SSSR count). The van der Waals surface area contributed by atoms with E-state index in [0.717, 1.165) is 44.2 Å². The molecule has 4 aliphatic rings. The number of nitrogens with one attached hydrogen (secondary N) is 2. The second kappa shape index (κ2) is 17.5. The van der Waals surface area contributed by atoms with Crippen molar-refractivity contribution in [3.05, 3.63) is 76.3 Å². The Bertz CT molecular complexity index is 1910. The molecule has 0 bridgehead atoms. The van der Waals surface area contributed by atoms with Gasteiger partial charge in [0, 0.05) is 28.9 Å². The molecule has 2 aromatic carbocycles. The van der Waals surface area contributed by atoms with Gasteiger partial charge in [-0.25, -0.2) is 13.6 Å². The van der Waals surface area contributed by atoms with Gasteiger partial charge < -0.3 is 24.8 Å². The zero-order chi connectivity index (χ0) is 39.4. The number of ether oxygens (including phenoxy) is 1. The maximum atomic E-state index is 15.0. The molecule has 2 N–H and O–H groups in total. The zero-order valence-electron chi connectivity index (χ0n) is 30.6. The van der Waals surface area contributed by atoms with Gasteiger partial charge in [0.25, 0.3) is 10.1 Å². The lowest BCUT2D eigenvalue weighted by Gasteiger charge is -2.33. The highest BCUT2D eigenvalue weighted by Crippen LogP contribution is 2.74. The Morgan fingerprint density at radius 1 is 1.02 bits per heavy atom. The van der Waals surface area contributed by atoms with Crippen molar-refractivity contribution in [3.8, 4) is 0 Å². The molecule has 3 amide bonds. The molecule has 0 aromatic heterocycles. The number of hydrogen-bond donors (Lipinski definition) is 2. The number of alkyl carbamates (subject to hydrolysis) is 1. The van der Waals surface area contributed by atoms with Crippen molar-refractivity contribution in [2.45, 2.75) is 118 Å². The summed E-state index contributed by atoms with van der Waals surface area (Å²) < 4.78 is 89.6. The van der Waals surface area contributed by atoms with Gasteiger partial charge in [0.2, 0.25) is 19.2 Å². The molecule has 0 radical (unpaired) electrons. The smallest absolute Gasteiger partial charge is 0.408 e. The van der Waals surface area contributed by atoms with E-state index in [-0.39, 0.29) is 43.4 Å². The lowest BCUT2D eigenvalue weighted by atomic mass is 10.0. The third kappa shape index (κ3) is 9.52. The predicted molar refractivity (Wildman–Crippen MR) is 202 cm³/mol. The van der Waals surface area contributed by atoms with Crippen LogP contribution >= 0.6 is 23.3 Å². The molecule has 12 nitrogen and oxygen atoms in total. The maximum absolute atomic E-state index is 15.0. The molecule has 17 heteroatoms. The van der Waals surface area contributed by atoms with Crippen LogP contribution in [0.4, 0.5) is 13.6 Å². The van der Waals surface area contributed by atoms with Crippen molar-refractivity contribution in [2.75, 3.05) is 13.2 Å². The molecule has 2 aliphatic carbocycles. The summed E-state index contributed by atoms with van der Waals surface area (Å²) in [5.41, 5.74) is -0.434. The van der Waals surface area contributed by atoms with Gasteiger partial charge in [-0.05, 0) is 94.7 Å². The van der Waals surface area contributed by atoms with Crippen LogP contribution in [0.25, 0.3) is 0 Å². The van der Waals surface area contributed by atoms with Crippen LogP contribution in [0.2, 0.25) is 0 Å². The van der Waals surface area contributed by atoms with E-state index in [4.69, 9.17) is 13.4 Å². The summed E-state index contributed by atoms with van der Waals surface area (Å²) in [6, 6.07) is 6.67. The van der Waals surface area contributed by atoms with E-state index in [9.17, 15) is 27.4 Å². The fraction of sp³-hybridized carbons (Fsp3) is 0.553. The van der Waals surface area contributed by atoms with Gasteiger partial charge in [-0.3, -0.25) is 18.3 Å².